The molecule has 25 nitrogen and oxygen atoms in total. The van der Waals surface area contributed by atoms with Gasteiger partial charge >= 0.3 is 47.8 Å². The van der Waals surface area contributed by atoms with Crippen molar-refractivity contribution in [2.75, 3.05) is 72.6 Å². The fraction of sp³-hybridized carbons (Fsp3) is 0.444. The first kappa shape index (κ1) is 77.1. The zero-order valence-electron chi connectivity index (χ0n) is 39.8. The molecule has 1 rings (SSSR count). The first-order valence-corrected chi connectivity index (χ1v) is 20.1. The van der Waals surface area contributed by atoms with Gasteiger partial charge in [-0.15, -0.1) is 0 Å². The molecule has 0 saturated carbocycles. The highest BCUT2D eigenvalue weighted by molar-refractivity contribution is 5.92. The Morgan fingerprint density at radius 1 is 0.614 bits per heavy atom. The summed E-state index contributed by atoms with van der Waals surface area (Å²) in [7, 11) is 0. The number of nitrogens with one attached hydrogen (secondary N) is 1. The standard InChI is InChI=1S/C7H13NO2.C7H12O3.C6H10O4.C6H8O4.C6H8O3.2C5H8O3.C3H4O2/c1-5(2)7(10)8-4-6(3)9;1-3-6(8)5-10-7(9)4-2;1-2-6(9)10-4-5(8)3-7;1-2-6(9)10-4-3-5(7)8;1-2-6(7)9-4-5-3-8-5;2*1-2-5(7)8-4-3-6;1-2-3(4)5/h6,9H,1,4H2,2-3H3,(H,8,10);4,6,8H,2-3,5H2,1H3;2,5,7-8H,1,3-4H2;2H,1,3-4H2,(H,7,8);2,5H,1,3-4H2;2*2,6H,1,3-4H2;2H,1H2,(H,4,5). The van der Waals surface area contributed by atoms with Crippen LogP contribution < -0.4 is 5.32 Å². The van der Waals surface area contributed by atoms with Crippen molar-refractivity contribution in [3.05, 3.63) is 101 Å². The number of carbonyl (C=O) groups excluding carboxylic acids is 7. The number of carboxylic acid groups (broad SMARTS) is 2. The number of carbonyl (C=O) groups is 9. The van der Waals surface area contributed by atoms with Gasteiger partial charge in [-0.2, -0.15) is 0 Å². The minimum Gasteiger partial charge on any atom is -0.481 e. The number of hydrogen-bond donors (Lipinski definition) is 9. The van der Waals surface area contributed by atoms with Crippen LogP contribution in [-0.2, 0) is 76.3 Å². The quantitative estimate of drug-likeness (QED) is 0.0243. The predicted molar refractivity (Wildman–Crippen MR) is 250 cm³/mol. The van der Waals surface area contributed by atoms with Crippen molar-refractivity contribution >= 4 is 53.7 Å². The second kappa shape index (κ2) is 58.0. The molecular weight excluding hydrogens is 938 g/mol. The minimum absolute atomic E-state index is 0.0465. The number of aliphatic hydroxyl groups excluding tert-OH is 6. The maximum atomic E-state index is 10.7. The molecule has 4 unspecified atom stereocenters. The summed E-state index contributed by atoms with van der Waals surface area (Å²) in [6, 6.07) is 0. The number of hydrogen-bond acceptors (Lipinski definition) is 22. The van der Waals surface area contributed by atoms with Gasteiger partial charge in [-0.3, -0.25) is 9.59 Å². The lowest BCUT2D eigenvalue weighted by Gasteiger charge is -2.05. The highest BCUT2D eigenvalue weighted by Crippen LogP contribution is 2.08. The maximum Gasteiger partial charge on any atom is 0.330 e. The van der Waals surface area contributed by atoms with E-state index in [1.54, 1.807) is 13.8 Å². The van der Waals surface area contributed by atoms with E-state index in [-0.39, 0.29) is 77.2 Å². The molecule has 0 spiro atoms. The number of aliphatic hydroxyl groups is 6. The Hall–Kier alpha value is -7.13. The zero-order valence-corrected chi connectivity index (χ0v) is 39.8. The summed E-state index contributed by atoms with van der Waals surface area (Å²) >= 11 is 0. The molecule has 1 saturated heterocycles. The Morgan fingerprint density at radius 2 is 0.957 bits per heavy atom. The highest BCUT2D eigenvalue weighted by atomic mass is 16.6. The Kier molecular flexibility index (Phi) is 63.9. The van der Waals surface area contributed by atoms with Gasteiger partial charge in [-0.25, -0.2) is 33.6 Å². The average Bonchev–Trinajstić information content (AvgIpc) is 4.19. The van der Waals surface area contributed by atoms with Gasteiger partial charge in [0.15, 0.2) is 0 Å². The predicted octanol–water partition coefficient (Wildman–Crippen LogP) is -0.408. The van der Waals surface area contributed by atoms with E-state index in [0.29, 0.717) is 25.2 Å². The number of rotatable bonds is 25. The topological polar surface area (TPSA) is 395 Å². The molecule has 1 fully saturated rings. The van der Waals surface area contributed by atoms with Gasteiger partial charge in [0.05, 0.1) is 45.1 Å². The van der Waals surface area contributed by atoms with E-state index in [1.807, 2.05) is 6.92 Å². The van der Waals surface area contributed by atoms with Crippen LogP contribution >= 0.6 is 0 Å². The number of epoxide rings is 1. The molecular formula is C45H71NO24. The molecule has 1 heterocycles. The molecule has 9 N–H and O–H groups in total. The number of aliphatic carboxylic acids is 2. The van der Waals surface area contributed by atoms with Crippen molar-refractivity contribution in [1.29, 1.82) is 0 Å². The van der Waals surface area contributed by atoms with Gasteiger partial charge in [0.1, 0.15) is 51.8 Å². The molecule has 25 heteroatoms. The van der Waals surface area contributed by atoms with Crippen molar-refractivity contribution in [3.8, 4) is 0 Å². The Morgan fingerprint density at radius 3 is 1.23 bits per heavy atom. The largest absolute Gasteiger partial charge is 0.481 e. The Bertz CT molecular complexity index is 1520. The van der Waals surface area contributed by atoms with E-state index in [1.165, 1.54) is 0 Å². The molecule has 1 aliphatic rings. The molecule has 0 aromatic heterocycles. The molecule has 4 atom stereocenters. The molecule has 0 aromatic rings. The molecule has 70 heavy (non-hydrogen) atoms. The number of amides is 1. The lowest BCUT2D eigenvalue weighted by Crippen LogP contribution is -2.30. The third-order valence-corrected chi connectivity index (χ3v) is 5.68. The van der Waals surface area contributed by atoms with Crippen LogP contribution in [0.1, 0.15) is 33.6 Å². The van der Waals surface area contributed by atoms with Crippen LogP contribution in [0.15, 0.2) is 101 Å². The third kappa shape index (κ3) is 81.1. The van der Waals surface area contributed by atoms with Crippen LogP contribution in [0.3, 0.4) is 0 Å². The van der Waals surface area contributed by atoms with E-state index in [9.17, 15) is 43.2 Å². The van der Waals surface area contributed by atoms with Crippen molar-refractivity contribution < 1.29 is 117 Å². The third-order valence-electron chi connectivity index (χ3n) is 5.68. The Labute approximate surface area is 406 Å². The first-order valence-electron chi connectivity index (χ1n) is 20.1. The molecule has 0 aliphatic carbocycles. The Balaban J connectivity index is -0.000000130. The van der Waals surface area contributed by atoms with Crippen LogP contribution in [0.2, 0.25) is 0 Å². The van der Waals surface area contributed by atoms with Gasteiger partial charge < -0.3 is 79.3 Å². The van der Waals surface area contributed by atoms with Gasteiger partial charge in [0, 0.05) is 54.7 Å². The van der Waals surface area contributed by atoms with Crippen LogP contribution in [0.5, 0.6) is 0 Å². The summed E-state index contributed by atoms with van der Waals surface area (Å²) in [5.41, 5.74) is 0.459. The van der Waals surface area contributed by atoms with Crippen molar-refractivity contribution in [3.63, 3.8) is 0 Å². The summed E-state index contributed by atoms with van der Waals surface area (Å²) in [6.07, 6.45) is 5.65. The lowest BCUT2D eigenvalue weighted by atomic mass is 10.3. The van der Waals surface area contributed by atoms with E-state index < -0.39 is 66.7 Å². The summed E-state index contributed by atoms with van der Waals surface area (Å²) in [5.74, 6) is -5.26. The van der Waals surface area contributed by atoms with Gasteiger partial charge in [-0.05, 0) is 20.3 Å². The second-order valence-electron chi connectivity index (χ2n) is 11.9. The molecule has 0 aromatic carbocycles. The zero-order chi connectivity index (χ0) is 55.9. The van der Waals surface area contributed by atoms with Crippen LogP contribution in [0.25, 0.3) is 0 Å². The molecule has 1 amide bonds. The highest BCUT2D eigenvalue weighted by Gasteiger charge is 2.23. The van der Waals surface area contributed by atoms with E-state index in [0.717, 1.165) is 42.5 Å². The summed E-state index contributed by atoms with van der Waals surface area (Å²) in [6.45, 7) is 31.0. The number of ether oxygens (including phenoxy) is 7. The number of carboxylic acids is 2. The first-order chi connectivity index (χ1) is 32.8. The van der Waals surface area contributed by atoms with Crippen molar-refractivity contribution in [1.82, 2.24) is 5.32 Å². The minimum atomic E-state index is -0.996. The van der Waals surface area contributed by atoms with Crippen LogP contribution in [0.4, 0.5) is 0 Å². The molecule has 1 aliphatic heterocycles. The molecule has 0 radical (unpaired) electrons. The monoisotopic (exact) mass is 1010 g/mol. The van der Waals surface area contributed by atoms with Gasteiger partial charge in [-0.1, -0.05) is 59.6 Å². The molecule has 400 valence electrons. The summed E-state index contributed by atoms with van der Waals surface area (Å²) in [5, 5.41) is 68.9. The maximum absolute atomic E-state index is 10.7. The second-order valence-corrected chi connectivity index (χ2v) is 11.9. The smallest absolute Gasteiger partial charge is 0.330 e. The lowest BCUT2D eigenvalue weighted by molar-refractivity contribution is -0.143. The van der Waals surface area contributed by atoms with E-state index in [2.05, 4.69) is 86.4 Å². The van der Waals surface area contributed by atoms with E-state index >= 15 is 0 Å². The fourth-order valence-electron chi connectivity index (χ4n) is 2.14. The fourth-order valence-corrected chi connectivity index (χ4v) is 2.14. The normalized spacial score (nSPS) is 11.7. The van der Waals surface area contributed by atoms with Crippen molar-refractivity contribution in [2.24, 2.45) is 0 Å². The van der Waals surface area contributed by atoms with Gasteiger partial charge in [0.2, 0.25) is 5.91 Å². The van der Waals surface area contributed by atoms with Gasteiger partial charge in [0.25, 0.3) is 0 Å². The number of esters is 6. The summed E-state index contributed by atoms with van der Waals surface area (Å²) < 4.78 is 31.4. The van der Waals surface area contributed by atoms with E-state index in [4.69, 9.17) is 45.6 Å². The summed E-state index contributed by atoms with van der Waals surface area (Å²) in [4.78, 5) is 91.4. The average molecular weight is 1010 g/mol. The molecule has 0 bridgehead atoms. The van der Waals surface area contributed by atoms with Crippen LogP contribution in [-0.4, -0.2) is 192 Å². The SMILES string of the molecule is C=C(C)C(=O)NCC(C)O.C=CC(=O)O.C=CC(=O)OCC(O)CC.C=CC(=O)OCC(O)CO.C=CC(=O)OCC1CO1.C=CC(=O)OCCC(=O)O.C=CC(=O)OCCO.C=CC(=O)OCCO. The van der Waals surface area contributed by atoms with Crippen LogP contribution in [0, 0.1) is 0 Å². The van der Waals surface area contributed by atoms with Crippen molar-refractivity contribution in [2.45, 2.75) is 58.0 Å².